The number of aliphatic hydroxyl groups is 3. The molecule has 0 bridgehead atoms. The zero-order valence-electron chi connectivity index (χ0n) is 28.1. The van der Waals surface area contributed by atoms with Gasteiger partial charge >= 0.3 is 12.1 Å². The number of amides is 1. The Hall–Kier alpha value is -5.15. The number of aliphatic hydroxyl groups excluding tert-OH is 3. The Kier molecular flexibility index (Phi) is 10.5. The molecule has 2 aliphatic rings. The van der Waals surface area contributed by atoms with Crippen molar-refractivity contribution >= 4 is 23.0 Å². The number of fused-ring (bicyclic) bond motifs is 2. The van der Waals surface area contributed by atoms with Gasteiger partial charge in [0.2, 0.25) is 6.29 Å². The number of rotatable bonds is 9. The van der Waals surface area contributed by atoms with E-state index in [4.69, 9.17) is 32.8 Å². The van der Waals surface area contributed by atoms with Crippen LogP contribution in [0.5, 0.6) is 17.2 Å². The SMILES string of the molecule is CC(C)(C)OC(=O)N[C@H](Cc1ccccc1)C(=O)OC[C@@H]1O[C@@H](Oc2ccc3c(=O)c(-c4ccc5c(c4)OCCO5)coc3c2)[C@H](O)[C@H](O)[C@@H]1O. The summed E-state index contributed by atoms with van der Waals surface area (Å²) >= 11 is 0. The van der Waals surface area contributed by atoms with Crippen molar-refractivity contribution in [2.45, 2.75) is 69.5 Å². The van der Waals surface area contributed by atoms with Crippen LogP contribution in [0.2, 0.25) is 0 Å². The molecule has 1 aromatic heterocycles. The summed E-state index contributed by atoms with van der Waals surface area (Å²) in [5, 5.41) is 34.8. The van der Waals surface area contributed by atoms with Crippen LogP contribution in [0.1, 0.15) is 26.3 Å². The minimum atomic E-state index is -1.74. The lowest BCUT2D eigenvalue weighted by atomic mass is 9.99. The number of carbonyl (C=O) groups excluding carboxylic acids is 2. The van der Waals surface area contributed by atoms with Gasteiger partial charge in [-0.15, -0.1) is 0 Å². The van der Waals surface area contributed by atoms with Crippen LogP contribution >= 0.6 is 0 Å². The van der Waals surface area contributed by atoms with Gasteiger partial charge in [-0.2, -0.15) is 0 Å². The Balaban J connectivity index is 1.13. The van der Waals surface area contributed by atoms with E-state index in [1.807, 2.05) is 6.07 Å². The van der Waals surface area contributed by atoms with E-state index in [0.717, 1.165) is 5.56 Å². The molecule has 0 radical (unpaired) electrons. The lowest BCUT2D eigenvalue weighted by molar-refractivity contribution is -0.278. The molecule has 14 nitrogen and oxygen atoms in total. The van der Waals surface area contributed by atoms with Gasteiger partial charge in [-0.25, -0.2) is 9.59 Å². The van der Waals surface area contributed by atoms with Gasteiger partial charge < -0.3 is 53.5 Å². The Bertz CT molecular complexity index is 1920. The predicted molar refractivity (Wildman–Crippen MR) is 180 cm³/mol. The van der Waals surface area contributed by atoms with Gasteiger partial charge in [0.05, 0.1) is 10.9 Å². The zero-order chi connectivity index (χ0) is 36.3. The number of alkyl carbamates (subject to hydrolysis) is 1. The van der Waals surface area contributed by atoms with Crippen LogP contribution in [0.4, 0.5) is 4.79 Å². The molecule has 3 heterocycles. The first kappa shape index (κ1) is 35.7. The normalized spacial score (nSPS) is 22.1. The molecule has 51 heavy (non-hydrogen) atoms. The summed E-state index contributed by atoms with van der Waals surface area (Å²) in [5.74, 6) is 0.381. The molecule has 4 aromatic rings. The number of ether oxygens (including phenoxy) is 6. The van der Waals surface area contributed by atoms with Gasteiger partial charge in [-0.3, -0.25) is 4.79 Å². The summed E-state index contributed by atoms with van der Waals surface area (Å²) in [6.07, 6.45) is -7.38. The molecule has 2 aliphatic heterocycles. The number of esters is 1. The van der Waals surface area contributed by atoms with Crippen molar-refractivity contribution < 1.29 is 57.7 Å². The fourth-order valence-electron chi connectivity index (χ4n) is 5.64. The van der Waals surface area contributed by atoms with Crippen LogP contribution in [0, 0.1) is 0 Å². The highest BCUT2D eigenvalue weighted by molar-refractivity contribution is 5.83. The molecule has 0 spiro atoms. The number of benzene rings is 3. The van der Waals surface area contributed by atoms with Gasteiger partial charge in [0.1, 0.15) is 73.5 Å². The van der Waals surface area contributed by atoms with Crippen molar-refractivity contribution in [1.29, 1.82) is 0 Å². The third kappa shape index (κ3) is 8.43. The largest absolute Gasteiger partial charge is 0.486 e. The molecular formula is C37H39NO13. The van der Waals surface area contributed by atoms with E-state index in [2.05, 4.69) is 5.32 Å². The lowest BCUT2D eigenvalue weighted by Crippen LogP contribution is -2.60. The van der Waals surface area contributed by atoms with E-state index in [1.54, 1.807) is 63.2 Å². The molecule has 6 rings (SSSR count). The predicted octanol–water partition coefficient (Wildman–Crippen LogP) is 3.10. The Morgan fingerprint density at radius 1 is 0.922 bits per heavy atom. The maximum absolute atomic E-state index is 13.4. The zero-order valence-corrected chi connectivity index (χ0v) is 28.1. The molecule has 0 saturated carbocycles. The molecule has 4 N–H and O–H groups in total. The highest BCUT2D eigenvalue weighted by Gasteiger charge is 2.46. The van der Waals surface area contributed by atoms with Crippen molar-refractivity contribution in [3.05, 3.63) is 88.8 Å². The third-order valence-corrected chi connectivity index (χ3v) is 8.17. The molecule has 3 aromatic carbocycles. The van der Waals surface area contributed by atoms with E-state index < -0.39 is 61.0 Å². The van der Waals surface area contributed by atoms with Crippen LogP contribution in [-0.2, 0) is 25.4 Å². The Labute approximate surface area is 292 Å². The van der Waals surface area contributed by atoms with Gasteiger partial charge in [0, 0.05) is 12.5 Å². The number of hydrogen-bond donors (Lipinski definition) is 4. The molecule has 1 amide bonds. The molecule has 0 aliphatic carbocycles. The highest BCUT2D eigenvalue weighted by atomic mass is 16.7. The fourth-order valence-corrected chi connectivity index (χ4v) is 5.64. The minimum Gasteiger partial charge on any atom is -0.486 e. The summed E-state index contributed by atoms with van der Waals surface area (Å²) in [6.45, 7) is 5.34. The van der Waals surface area contributed by atoms with E-state index in [9.17, 15) is 29.7 Å². The maximum Gasteiger partial charge on any atom is 0.408 e. The molecule has 1 saturated heterocycles. The topological polar surface area (TPSA) is 192 Å². The van der Waals surface area contributed by atoms with Gasteiger partial charge in [-0.05, 0) is 56.2 Å². The van der Waals surface area contributed by atoms with E-state index >= 15 is 0 Å². The molecule has 0 unspecified atom stereocenters. The van der Waals surface area contributed by atoms with Crippen molar-refractivity contribution in [3.8, 4) is 28.4 Å². The molecule has 270 valence electrons. The van der Waals surface area contributed by atoms with Crippen LogP contribution in [0.25, 0.3) is 22.1 Å². The second kappa shape index (κ2) is 15.0. The second-order valence-electron chi connectivity index (χ2n) is 13.1. The molecule has 14 heteroatoms. The maximum atomic E-state index is 13.4. The number of nitrogens with one attached hydrogen (secondary N) is 1. The van der Waals surface area contributed by atoms with Crippen LogP contribution in [0.3, 0.4) is 0 Å². The van der Waals surface area contributed by atoms with Gasteiger partial charge in [0.25, 0.3) is 0 Å². The third-order valence-electron chi connectivity index (χ3n) is 8.17. The highest BCUT2D eigenvalue weighted by Crippen LogP contribution is 2.34. The fraction of sp³-hybridized carbons (Fsp3) is 0.378. The Morgan fingerprint density at radius 3 is 2.41 bits per heavy atom. The first-order valence-corrected chi connectivity index (χ1v) is 16.4. The van der Waals surface area contributed by atoms with Crippen molar-refractivity contribution in [1.82, 2.24) is 5.32 Å². The van der Waals surface area contributed by atoms with E-state index in [0.29, 0.717) is 35.8 Å². The van der Waals surface area contributed by atoms with E-state index in [1.165, 1.54) is 24.5 Å². The average molecular weight is 706 g/mol. The van der Waals surface area contributed by atoms with Gasteiger partial charge in [0.15, 0.2) is 16.9 Å². The molecule has 1 fully saturated rings. The van der Waals surface area contributed by atoms with Crippen LogP contribution in [0.15, 0.2) is 82.2 Å². The number of hydrogen-bond acceptors (Lipinski definition) is 13. The van der Waals surface area contributed by atoms with Crippen LogP contribution in [-0.4, -0.2) is 89.6 Å². The average Bonchev–Trinajstić information content (AvgIpc) is 3.10. The lowest BCUT2D eigenvalue weighted by Gasteiger charge is -2.40. The minimum absolute atomic E-state index is 0.0797. The first-order chi connectivity index (χ1) is 24.4. The van der Waals surface area contributed by atoms with Crippen molar-refractivity contribution in [3.63, 3.8) is 0 Å². The summed E-state index contributed by atoms with van der Waals surface area (Å²) in [6, 6.07) is 17.3. The van der Waals surface area contributed by atoms with E-state index in [-0.39, 0.29) is 28.6 Å². The summed E-state index contributed by atoms with van der Waals surface area (Å²) in [5.41, 5.74) is 0.686. The van der Waals surface area contributed by atoms with Crippen LogP contribution < -0.4 is 25.0 Å². The van der Waals surface area contributed by atoms with Crippen molar-refractivity contribution in [2.24, 2.45) is 0 Å². The number of carbonyl (C=O) groups is 2. The standard InChI is InChI=1S/C37H39NO13/c1-37(2,3)51-36(44)38-25(15-20-7-5-4-6-8-20)34(43)48-19-29-31(40)32(41)33(42)35(50-29)49-22-10-11-23-27(17-22)47-18-24(30(23)39)21-9-12-26-28(16-21)46-14-13-45-26/h4-12,16-18,25,29,31-33,35,40-42H,13-15,19H2,1-3H3,(H,38,44)/t25-,29+,31-,32-,33-,35-/m1/s1. The summed E-state index contributed by atoms with van der Waals surface area (Å²) in [7, 11) is 0. The molecular weight excluding hydrogens is 666 g/mol. The smallest absolute Gasteiger partial charge is 0.408 e. The summed E-state index contributed by atoms with van der Waals surface area (Å²) in [4.78, 5) is 39.2. The Morgan fingerprint density at radius 2 is 1.67 bits per heavy atom. The second-order valence-corrected chi connectivity index (χ2v) is 13.1. The first-order valence-electron chi connectivity index (χ1n) is 16.4. The quantitative estimate of drug-likeness (QED) is 0.186. The molecule has 6 atom stereocenters. The summed E-state index contributed by atoms with van der Waals surface area (Å²) < 4.78 is 39.3. The van der Waals surface area contributed by atoms with Crippen molar-refractivity contribution in [2.75, 3.05) is 19.8 Å². The van der Waals surface area contributed by atoms with Gasteiger partial charge in [-0.1, -0.05) is 36.4 Å². The monoisotopic (exact) mass is 705 g/mol.